The van der Waals surface area contributed by atoms with Crippen LogP contribution in [0, 0.1) is 6.92 Å². The molecule has 0 bridgehead atoms. The molecule has 3 rings (SSSR count). The summed E-state index contributed by atoms with van der Waals surface area (Å²) in [6.07, 6.45) is 0. The molecule has 0 saturated carbocycles. The molecule has 4 heteroatoms. The van der Waals surface area contributed by atoms with E-state index in [0.717, 1.165) is 16.6 Å². The van der Waals surface area contributed by atoms with E-state index in [1.165, 1.54) is 0 Å². The van der Waals surface area contributed by atoms with Crippen LogP contribution in [-0.2, 0) is 0 Å². The highest BCUT2D eigenvalue weighted by Crippen LogP contribution is 2.22. The van der Waals surface area contributed by atoms with Gasteiger partial charge in [0.25, 0.3) is 0 Å². The molecule has 0 aliphatic heterocycles. The summed E-state index contributed by atoms with van der Waals surface area (Å²) in [7, 11) is 0. The van der Waals surface area contributed by atoms with Crippen LogP contribution in [0.15, 0.2) is 57.9 Å². The fraction of sp³-hybridized carbons (Fsp3) is 0.0667. The number of nitrogens with zero attached hydrogens (tertiary/aromatic N) is 2. The van der Waals surface area contributed by atoms with Crippen LogP contribution in [-0.4, -0.2) is 10.8 Å². The summed E-state index contributed by atoms with van der Waals surface area (Å²) < 4.78 is 5.54. The zero-order valence-corrected chi connectivity index (χ0v) is 10.5. The second-order valence-corrected chi connectivity index (χ2v) is 4.33. The predicted octanol–water partition coefficient (Wildman–Crippen LogP) is 3.17. The number of aryl methyl sites for hydroxylation is 1. The van der Waals surface area contributed by atoms with Crippen LogP contribution in [0.5, 0.6) is 0 Å². The van der Waals surface area contributed by atoms with Gasteiger partial charge in [-0.15, -0.1) is 0 Å². The molecule has 0 saturated heterocycles. The molecular formula is C15H13N3O. The zero-order valence-electron chi connectivity index (χ0n) is 10.5. The highest BCUT2D eigenvalue weighted by Gasteiger charge is 2.06. The summed E-state index contributed by atoms with van der Waals surface area (Å²) in [4.78, 5) is 8.52. The lowest BCUT2D eigenvalue weighted by molar-refractivity contribution is 0.613. The minimum absolute atomic E-state index is 0.280. The van der Waals surface area contributed by atoms with Crippen molar-refractivity contribution in [1.82, 2.24) is 4.98 Å². The lowest BCUT2D eigenvalue weighted by Gasteiger charge is -1.97. The molecule has 1 heterocycles. The number of benzene rings is 2. The number of rotatable bonds is 2. The molecule has 2 aromatic carbocycles. The Morgan fingerprint density at radius 1 is 1.16 bits per heavy atom. The lowest BCUT2D eigenvalue weighted by atomic mass is 10.2. The maximum Gasteiger partial charge on any atom is 0.324 e. The summed E-state index contributed by atoms with van der Waals surface area (Å²) in [6.45, 7) is 2.01. The fourth-order valence-electron chi connectivity index (χ4n) is 1.85. The molecule has 2 N–H and O–H groups in total. The van der Waals surface area contributed by atoms with Gasteiger partial charge in [0, 0.05) is 5.56 Å². The van der Waals surface area contributed by atoms with E-state index < -0.39 is 0 Å². The minimum atomic E-state index is 0.280. The first-order valence-electron chi connectivity index (χ1n) is 5.99. The van der Waals surface area contributed by atoms with Crippen molar-refractivity contribution in [2.24, 2.45) is 10.7 Å². The Hall–Kier alpha value is -2.62. The largest absolute Gasteiger partial charge is 0.422 e. The molecule has 0 amide bonds. The van der Waals surface area contributed by atoms with Crippen LogP contribution < -0.4 is 5.73 Å². The van der Waals surface area contributed by atoms with Gasteiger partial charge < -0.3 is 10.2 Å². The normalized spacial score (nSPS) is 11.9. The molecule has 0 aliphatic carbocycles. The topological polar surface area (TPSA) is 64.4 Å². The van der Waals surface area contributed by atoms with Crippen molar-refractivity contribution < 1.29 is 4.42 Å². The van der Waals surface area contributed by atoms with Gasteiger partial charge in [0.05, 0.1) is 0 Å². The molecular weight excluding hydrogens is 238 g/mol. The van der Waals surface area contributed by atoms with Gasteiger partial charge in [0.1, 0.15) is 11.4 Å². The van der Waals surface area contributed by atoms with Crippen molar-refractivity contribution >= 4 is 22.9 Å². The Balaban J connectivity index is 2.01. The number of nitrogens with two attached hydrogens (primary N) is 1. The fourth-order valence-corrected chi connectivity index (χ4v) is 1.85. The summed E-state index contributed by atoms with van der Waals surface area (Å²) in [5.74, 6) is 0.392. The third kappa shape index (κ3) is 2.33. The minimum Gasteiger partial charge on any atom is -0.422 e. The number of hydrogen-bond donors (Lipinski definition) is 1. The maximum absolute atomic E-state index is 5.93. The maximum atomic E-state index is 5.93. The SMILES string of the molecule is Cc1ccc2oc(/N=C(\N)c3ccccc3)nc2c1. The van der Waals surface area contributed by atoms with E-state index in [2.05, 4.69) is 9.98 Å². The van der Waals surface area contributed by atoms with Crippen LogP contribution >= 0.6 is 0 Å². The van der Waals surface area contributed by atoms with Crippen molar-refractivity contribution in [1.29, 1.82) is 0 Å². The van der Waals surface area contributed by atoms with Gasteiger partial charge in [-0.1, -0.05) is 36.4 Å². The number of hydrogen-bond acceptors (Lipinski definition) is 3. The van der Waals surface area contributed by atoms with E-state index in [0.29, 0.717) is 11.4 Å². The van der Waals surface area contributed by atoms with Crippen LogP contribution in [0.25, 0.3) is 11.1 Å². The number of fused-ring (bicyclic) bond motifs is 1. The van der Waals surface area contributed by atoms with Crippen molar-refractivity contribution in [2.45, 2.75) is 6.92 Å². The van der Waals surface area contributed by atoms with Gasteiger partial charge in [-0.05, 0) is 24.6 Å². The van der Waals surface area contributed by atoms with Gasteiger partial charge in [0.15, 0.2) is 5.58 Å². The highest BCUT2D eigenvalue weighted by atomic mass is 16.4. The number of oxazole rings is 1. The van der Waals surface area contributed by atoms with E-state index in [9.17, 15) is 0 Å². The Bertz CT molecular complexity index is 744. The molecule has 94 valence electrons. The third-order valence-electron chi connectivity index (χ3n) is 2.82. The Labute approximate surface area is 110 Å². The van der Waals surface area contributed by atoms with Crippen LogP contribution in [0.4, 0.5) is 6.01 Å². The molecule has 0 radical (unpaired) electrons. The van der Waals surface area contributed by atoms with Crippen molar-refractivity contribution in [3.63, 3.8) is 0 Å². The van der Waals surface area contributed by atoms with Crippen molar-refractivity contribution in [2.75, 3.05) is 0 Å². The molecule has 0 unspecified atom stereocenters. The van der Waals surface area contributed by atoms with Crippen molar-refractivity contribution in [3.8, 4) is 0 Å². The third-order valence-corrected chi connectivity index (χ3v) is 2.82. The quantitative estimate of drug-likeness (QED) is 0.562. The lowest BCUT2D eigenvalue weighted by Crippen LogP contribution is -2.12. The standard InChI is InChI=1S/C15H13N3O/c1-10-7-8-13-12(9-10)17-15(19-13)18-14(16)11-5-3-2-4-6-11/h2-9H,1H3,(H2,16,17,18). The van der Waals surface area contributed by atoms with Gasteiger partial charge in [0.2, 0.25) is 0 Å². The summed E-state index contributed by atoms with van der Waals surface area (Å²) >= 11 is 0. The molecule has 0 aliphatic rings. The second-order valence-electron chi connectivity index (χ2n) is 4.33. The molecule has 4 nitrogen and oxygen atoms in total. The molecule has 0 atom stereocenters. The Morgan fingerprint density at radius 3 is 2.74 bits per heavy atom. The summed E-state index contributed by atoms with van der Waals surface area (Å²) in [6, 6.07) is 15.6. The Morgan fingerprint density at radius 2 is 1.95 bits per heavy atom. The van der Waals surface area contributed by atoms with Crippen molar-refractivity contribution in [3.05, 3.63) is 59.7 Å². The van der Waals surface area contributed by atoms with E-state index >= 15 is 0 Å². The first kappa shape index (κ1) is 11.5. The van der Waals surface area contributed by atoms with E-state index in [-0.39, 0.29) is 6.01 Å². The van der Waals surface area contributed by atoms with Crippen LogP contribution in [0.2, 0.25) is 0 Å². The molecule has 0 fully saturated rings. The molecule has 3 aromatic rings. The Kier molecular flexibility index (Phi) is 2.76. The summed E-state index contributed by atoms with van der Waals surface area (Å²) in [5, 5.41) is 0. The summed E-state index contributed by atoms with van der Waals surface area (Å²) in [5.41, 5.74) is 9.41. The van der Waals surface area contributed by atoms with Gasteiger partial charge in [-0.25, -0.2) is 0 Å². The monoisotopic (exact) mass is 251 g/mol. The van der Waals surface area contributed by atoms with E-state index in [4.69, 9.17) is 10.2 Å². The molecule has 0 spiro atoms. The second kappa shape index (κ2) is 4.57. The smallest absolute Gasteiger partial charge is 0.324 e. The number of amidine groups is 1. The zero-order chi connectivity index (χ0) is 13.2. The van der Waals surface area contributed by atoms with E-state index in [1.807, 2.05) is 55.5 Å². The molecule has 19 heavy (non-hydrogen) atoms. The first-order valence-corrected chi connectivity index (χ1v) is 5.99. The average molecular weight is 251 g/mol. The first-order chi connectivity index (χ1) is 9.22. The predicted molar refractivity (Wildman–Crippen MR) is 75.6 cm³/mol. The van der Waals surface area contributed by atoms with Gasteiger partial charge >= 0.3 is 6.01 Å². The molecule has 1 aromatic heterocycles. The van der Waals surface area contributed by atoms with E-state index in [1.54, 1.807) is 0 Å². The number of aromatic nitrogens is 1. The average Bonchev–Trinajstić information content (AvgIpc) is 2.81. The van der Waals surface area contributed by atoms with Gasteiger partial charge in [-0.2, -0.15) is 9.98 Å². The van der Waals surface area contributed by atoms with Crippen LogP contribution in [0.3, 0.4) is 0 Å². The van der Waals surface area contributed by atoms with Gasteiger partial charge in [-0.3, -0.25) is 0 Å². The number of aliphatic imine (C=N–C) groups is 1. The highest BCUT2D eigenvalue weighted by molar-refractivity contribution is 5.98. The van der Waals surface area contributed by atoms with Crippen LogP contribution in [0.1, 0.15) is 11.1 Å².